The van der Waals surface area contributed by atoms with E-state index in [9.17, 15) is 0 Å². The third-order valence-corrected chi connectivity index (χ3v) is 1.85. The number of hydrogen-bond donors (Lipinski definition) is 0. The fourth-order valence-corrected chi connectivity index (χ4v) is 1.18. The van der Waals surface area contributed by atoms with Gasteiger partial charge >= 0.3 is 0 Å². The Morgan fingerprint density at radius 2 is 2.33 bits per heavy atom. The van der Waals surface area contributed by atoms with Gasteiger partial charge < -0.3 is 0 Å². The van der Waals surface area contributed by atoms with E-state index in [1.54, 1.807) is 0 Å². The van der Waals surface area contributed by atoms with Crippen LogP contribution < -0.4 is 0 Å². The highest BCUT2D eigenvalue weighted by molar-refractivity contribution is 6.18. The van der Waals surface area contributed by atoms with Crippen molar-refractivity contribution in [3.8, 4) is 0 Å². The fraction of sp³-hybridized carbons (Fsp3) is 0.750. The van der Waals surface area contributed by atoms with Crippen molar-refractivity contribution in [2.75, 3.05) is 5.88 Å². The highest BCUT2D eigenvalue weighted by Gasteiger charge is 2.01. The molecule has 9 heavy (non-hydrogen) atoms. The molecule has 0 rings (SSSR count). The van der Waals surface area contributed by atoms with Crippen LogP contribution in [0.1, 0.15) is 26.2 Å². The normalized spacial score (nSPS) is 13.1. The van der Waals surface area contributed by atoms with Gasteiger partial charge in [0.05, 0.1) is 0 Å². The maximum absolute atomic E-state index is 5.68. The van der Waals surface area contributed by atoms with Crippen LogP contribution >= 0.6 is 11.6 Å². The summed E-state index contributed by atoms with van der Waals surface area (Å²) in [6, 6.07) is 0. The van der Waals surface area contributed by atoms with E-state index in [-0.39, 0.29) is 0 Å². The quantitative estimate of drug-likeness (QED) is 0.413. The minimum absolute atomic E-state index is 0.661. The van der Waals surface area contributed by atoms with Gasteiger partial charge in [0.15, 0.2) is 0 Å². The Labute approximate surface area is 62.9 Å². The molecule has 0 radical (unpaired) electrons. The minimum Gasteiger partial charge on any atom is -0.126 e. The monoisotopic (exact) mass is 146 g/mol. The molecule has 1 heteroatoms. The average molecular weight is 147 g/mol. The zero-order chi connectivity index (χ0) is 7.11. The van der Waals surface area contributed by atoms with Crippen molar-refractivity contribution >= 4 is 11.6 Å². The van der Waals surface area contributed by atoms with Gasteiger partial charge in [0, 0.05) is 5.88 Å². The predicted octanol–water partition coefficient (Wildman–Crippen LogP) is 3.22. The van der Waals surface area contributed by atoms with Crippen molar-refractivity contribution in [3.05, 3.63) is 12.7 Å². The van der Waals surface area contributed by atoms with Crippen molar-refractivity contribution in [1.82, 2.24) is 0 Å². The average Bonchev–Trinajstić information content (AvgIpc) is 1.88. The van der Waals surface area contributed by atoms with E-state index < -0.39 is 0 Å². The van der Waals surface area contributed by atoms with Crippen LogP contribution in [0.5, 0.6) is 0 Å². The second kappa shape index (κ2) is 6.15. The molecule has 0 aliphatic carbocycles. The summed E-state index contributed by atoms with van der Waals surface area (Å²) < 4.78 is 0. The molecule has 0 aliphatic rings. The van der Waals surface area contributed by atoms with Crippen LogP contribution in [-0.4, -0.2) is 5.88 Å². The largest absolute Gasteiger partial charge is 0.126 e. The summed E-state index contributed by atoms with van der Waals surface area (Å²) >= 11 is 5.68. The molecule has 1 atom stereocenters. The van der Waals surface area contributed by atoms with Gasteiger partial charge in [-0.05, 0) is 18.8 Å². The Morgan fingerprint density at radius 1 is 1.67 bits per heavy atom. The molecule has 0 bridgehead atoms. The lowest BCUT2D eigenvalue weighted by Gasteiger charge is -2.07. The molecular formula is C8H15Cl. The first kappa shape index (κ1) is 9.03. The molecule has 0 heterocycles. The SMILES string of the molecule is C=CCC(CCl)CCC. The Bertz CT molecular complexity index is 69.0. The molecule has 0 aromatic carbocycles. The van der Waals surface area contributed by atoms with Crippen LogP contribution in [0.3, 0.4) is 0 Å². The van der Waals surface area contributed by atoms with Gasteiger partial charge in [-0.15, -0.1) is 18.2 Å². The lowest BCUT2D eigenvalue weighted by molar-refractivity contribution is 0.538. The van der Waals surface area contributed by atoms with Gasteiger partial charge in [-0.2, -0.15) is 0 Å². The first-order valence-corrected chi connectivity index (χ1v) is 4.05. The van der Waals surface area contributed by atoms with Gasteiger partial charge in [0.25, 0.3) is 0 Å². The van der Waals surface area contributed by atoms with E-state index in [1.165, 1.54) is 12.8 Å². The summed E-state index contributed by atoms with van der Waals surface area (Å²) in [6.07, 6.45) is 5.47. The smallest absolute Gasteiger partial charge is 0.0254 e. The molecule has 0 spiro atoms. The standard InChI is InChI=1S/C8H15Cl/c1-3-5-8(7-9)6-4-2/h3,8H,1,4-7H2,2H3. The molecule has 0 fully saturated rings. The van der Waals surface area contributed by atoms with E-state index in [0.29, 0.717) is 5.92 Å². The van der Waals surface area contributed by atoms with E-state index in [0.717, 1.165) is 12.3 Å². The topological polar surface area (TPSA) is 0 Å². The molecular weight excluding hydrogens is 132 g/mol. The van der Waals surface area contributed by atoms with Gasteiger partial charge in [0.1, 0.15) is 0 Å². The molecule has 1 unspecified atom stereocenters. The summed E-state index contributed by atoms with van der Waals surface area (Å²) in [5, 5.41) is 0. The summed E-state index contributed by atoms with van der Waals surface area (Å²) in [7, 11) is 0. The van der Waals surface area contributed by atoms with E-state index in [2.05, 4.69) is 13.5 Å². The molecule has 0 N–H and O–H groups in total. The van der Waals surface area contributed by atoms with Crippen molar-refractivity contribution < 1.29 is 0 Å². The van der Waals surface area contributed by atoms with E-state index >= 15 is 0 Å². The van der Waals surface area contributed by atoms with Crippen molar-refractivity contribution in [2.24, 2.45) is 5.92 Å². The molecule has 0 amide bonds. The first-order valence-electron chi connectivity index (χ1n) is 3.52. The van der Waals surface area contributed by atoms with Crippen LogP contribution in [0.2, 0.25) is 0 Å². The number of hydrogen-bond acceptors (Lipinski definition) is 0. The molecule has 0 aromatic heterocycles. The summed E-state index contributed by atoms with van der Waals surface area (Å²) in [6.45, 7) is 5.86. The number of halogens is 1. The molecule has 0 nitrogen and oxygen atoms in total. The number of rotatable bonds is 5. The van der Waals surface area contributed by atoms with E-state index in [1.807, 2.05) is 6.08 Å². The summed E-state index contributed by atoms with van der Waals surface area (Å²) in [5.74, 6) is 1.44. The van der Waals surface area contributed by atoms with Crippen LogP contribution in [0.4, 0.5) is 0 Å². The maximum atomic E-state index is 5.68. The van der Waals surface area contributed by atoms with Crippen molar-refractivity contribution in [3.63, 3.8) is 0 Å². The Hall–Kier alpha value is 0.0300. The van der Waals surface area contributed by atoms with Crippen LogP contribution in [0.25, 0.3) is 0 Å². The minimum atomic E-state index is 0.661. The fourth-order valence-electron chi connectivity index (χ4n) is 0.902. The molecule has 0 aliphatic heterocycles. The molecule has 0 saturated carbocycles. The highest BCUT2D eigenvalue weighted by Crippen LogP contribution is 2.12. The first-order chi connectivity index (χ1) is 4.35. The lowest BCUT2D eigenvalue weighted by atomic mass is 10.0. The van der Waals surface area contributed by atoms with Gasteiger partial charge in [-0.1, -0.05) is 19.4 Å². The molecule has 0 saturated heterocycles. The highest BCUT2D eigenvalue weighted by atomic mass is 35.5. The molecule has 0 aromatic rings. The Kier molecular flexibility index (Phi) is 6.18. The number of allylic oxidation sites excluding steroid dienone is 1. The summed E-state index contributed by atoms with van der Waals surface area (Å²) in [5.41, 5.74) is 0. The van der Waals surface area contributed by atoms with Crippen molar-refractivity contribution in [2.45, 2.75) is 26.2 Å². The zero-order valence-corrected chi connectivity index (χ0v) is 6.82. The Balaban J connectivity index is 3.28. The molecule has 54 valence electrons. The summed E-state index contributed by atoms with van der Waals surface area (Å²) in [4.78, 5) is 0. The Morgan fingerprint density at radius 3 is 2.67 bits per heavy atom. The maximum Gasteiger partial charge on any atom is 0.0254 e. The van der Waals surface area contributed by atoms with Gasteiger partial charge in [0.2, 0.25) is 0 Å². The predicted molar refractivity (Wildman–Crippen MR) is 43.9 cm³/mol. The van der Waals surface area contributed by atoms with Crippen LogP contribution in [0.15, 0.2) is 12.7 Å². The van der Waals surface area contributed by atoms with Gasteiger partial charge in [-0.25, -0.2) is 0 Å². The lowest BCUT2D eigenvalue weighted by Crippen LogP contribution is -1.99. The second-order valence-electron chi connectivity index (χ2n) is 2.33. The van der Waals surface area contributed by atoms with Crippen molar-refractivity contribution in [1.29, 1.82) is 0 Å². The zero-order valence-electron chi connectivity index (χ0n) is 6.07. The third-order valence-electron chi connectivity index (χ3n) is 1.42. The van der Waals surface area contributed by atoms with Crippen LogP contribution in [0, 0.1) is 5.92 Å². The van der Waals surface area contributed by atoms with E-state index in [4.69, 9.17) is 11.6 Å². The third kappa shape index (κ3) is 4.53. The van der Waals surface area contributed by atoms with Gasteiger partial charge in [-0.3, -0.25) is 0 Å². The second-order valence-corrected chi connectivity index (χ2v) is 2.64. The van der Waals surface area contributed by atoms with Crippen LogP contribution in [-0.2, 0) is 0 Å². The number of alkyl halides is 1.